The van der Waals surface area contributed by atoms with Crippen LogP contribution in [0.4, 0.5) is 5.69 Å². The standard InChI is InChI=1S/C20H16N4O2S3/c1-11(25)13-5-3-6-14(9-13)22-16(26)10-28-20-18-19(29-12(2)21-18)17(23-24-20)15-7-4-8-27-15/h3-9H,10H2,1-2H3,(H,22,26). The normalized spacial score (nSPS) is 11.0. The topological polar surface area (TPSA) is 84.8 Å². The number of aryl methyl sites for hydroxylation is 1. The number of fused-ring (bicyclic) bond motifs is 1. The number of thioether (sulfide) groups is 1. The summed E-state index contributed by atoms with van der Waals surface area (Å²) < 4.78 is 0.983. The van der Waals surface area contributed by atoms with Gasteiger partial charge in [0.25, 0.3) is 0 Å². The van der Waals surface area contributed by atoms with Gasteiger partial charge in [-0.1, -0.05) is 30.0 Å². The molecule has 1 N–H and O–H groups in total. The van der Waals surface area contributed by atoms with Crippen LogP contribution in [0.1, 0.15) is 22.3 Å². The minimum Gasteiger partial charge on any atom is -0.325 e. The largest absolute Gasteiger partial charge is 0.325 e. The molecule has 0 saturated carbocycles. The number of nitrogens with zero attached hydrogens (tertiary/aromatic N) is 3. The van der Waals surface area contributed by atoms with Crippen LogP contribution in [0, 0.1) is 6.92 Å². The Morgan fingerprint density at radius 3 is 2.79 bits per heavy atom. The minimum absolute atomic E-state index is 0.0436. The van der Waals surface area contributed by atoms with E-state index in [4.69, 9.17) is 0 Å². The van der Waals surface area contributed by atoms with Crippen LogP contribution in [0.5, 0.6) is 0 Å². The lowest BCUT2D eigenvalue weighted by molar-refractivity contribution is -0.113. The molecular weight excluding hydrogens is 424 g/mol. The summed E-state index contributed by atoms with van der Waals surface area (Å²) in [5.41, 5.74) is 2.76. The van der Waals surface area contributed by atoms with Crippen molar-refractivity contribution >= 4 is 62.0 Å². The van der Waals surface area contributed by atoms with Gasteiger partial charge in [-0.15, -0.1) is 32.9 Å². The molecule has 0 aliphatic rings. The van der Waals surface area contributed by atoms with Crippen LogP contribution in [0.25, 0.3) is 20.8 Å². The van der Waals surface area contributed by atoms with E-state index in [2.05, 4.69) is 20.5 Å². The number of thiazole rings is 1. The zero-order chi connectivity index (χ0) is 20.4. The first-order valence-electron chi connectivity index (χ1n) is 8.72. The summed E-state index contributed by atoms with van der Waals surface area (Å²) in [7, 11) is 0. The lowest BCUT2D eigenvalue weighted by Crippen LogP contribution is -2.14. The molecule has 0 unspecified atom stereocenters. The van der Waals surface area contributed by atoms with E-state index in [0.717, 1.165) is 25.8 Å². The summed E-state index contributed by atoms with van der Waals surface area (Å²) in [5, 5.41) is 15.1. The number of hydrogen-bond donors (Lipinski definition) is 1. The second-order valence-corrected chi connectivity index (χ2v) is 9.33. The zero-order valence-electron chi connectivity index (χ0n) is 15.6. The molecule has 4 rings (SSSR count). The first kappa shape index (κ1) is 19.7. The average molecular weight is 441 g/mol. The molecule has 0 aliphatic heterocycles. The molecule has 0 fully saturated rings. The van der Waals surface area contributed by atoms with Gasteiger partial charge in [0.15, 0.2) is 5.78 Å². The van der Waals surface area contributed by atoms with Gasteiger partial charge >= 0.3 is 0 Å². The number of hydrogen-bond acceptors (Lipinski definition) is 8. The lowest BCUT2D eigenvalue weighted by Gasteiger charge is -2.07. The number of ketones is 1. The van der Waals surface area contributed by atoms with Crippen molar-refractivity contribution < 1.29 is 9.59 Å². The predicted octanol–water partition coefficient (Wildman–Crippen LogP) is 5.06. The van der Waals surface area contributed by atoms with Crippen LogP contribution < -0.4 is 5.32 Å². The fraction of sp³-hybridized carbons (Fsp3) is 0.150. The summed E-state index contributed by atoms with van der Waals surface area (Å²) in [5.74, 6) is -0.0546. The molecule has 0 atom stereocenters. The summed E-state index contributed by atoms with van der Waals surface area (Å²) in [4.78, 5) is 29.5. The number of aromatic nitrogens is 3. The highest BCUT2D eigenvalue weighted by Crippen LogP contribution is 2.36. The van der Waals surface area contributed by atoms with E-state index < -0.39 is 0 Å². The van der Waals surface area contributed by atoms with Crippen LogP contribution in [-0.4, -0.2) is 32.6 Å². The first-order valence-corrected chi connectivity index (χ1v) is 11.4. The second-order valence-electron chi connectivity index (χ2n) is 6.22. The fourth-order valence-electron chi connectivity index (χ4n) is 2.74. The van der Waals surface area contributed by atoms with Gasteiger partial charge < -0.3 is 5.32 Å². The van der Waals surface area contributed by atoms with Crippen LogP contribution in [0.15, 0.2) is 46.8 Å². The Labute approximate surface area is 179 Å². The number of thiophene rings is 1. The smallest absolute Gasteiger partial charge is 0.234 e. The predicted molar refractivity (Wildman–Crippen MR) is 119 cm³/mol. The molecule has 146 valence electrons. The highest BCUT2D eigenvalue weighted by atomic mass is 32.2. The zero-order valence-corrected chi connectivity index (χ0v) is 18.1. The SMILES string of the molecule is CC(=O)c1cccc(NC(=O)CSc2nnc(-c3cccs3)c3sc(C)nc23)c1. The van der Waals surface area contributed by atoms with Crippen molar-refractivity contribution in [3.63, 3.8) is 0 Å². The summed E-state index contributed by atoms with van der Waals surface area (Å²) in [6, 6.07) is 10.9. The van der Waals surface area contributed by atoms with E-state index in [1.165, 1.54) is 18.7 Å². The maximum Gasteiger partial charge on any atom is 0.234 e. The summed E-state index contributed by atoms with van der Waals surface area (Å²) in [6.45, 7) is 3.45. The Balaban J connectivity index is 1.51. The number of carbonyl (C=O) groups is 2. The van der Waals surface area contributed by atoms with Crippen molar-refractivity contribution in [3.05, 3.63) is 52.3 Å². The minimum atomic E-state index is -0.181. The van der Waals surface area contributed by atoms with Crippen molar-refractivity contribution in [1.29, 1.82) is 0 Å². The Morgan fingerprint density at radius 2 is 2.03 bits per heavy atom. The van der Waals surface area contributed by atoms with Gasteiger partial charge in [-0.3, -0.25) is 9.59 Å². The molecular formula is C20H16N4O2S3. The third-order valence-electron chi connectivity index (χ3n) is 4.04. The number of amides is 1. The van der Waals surface area contributed by atoms with Gasteiger partial charge in [-0.2, -0.15) is 0 Å². The molecule has 3 aromatic heterocycles. The van der Waals surface area contributed by atoms with Gasteiger partial charge in [0.2, 0.25) is 5.91 Å². The monoisotopic (exact) mass is 440 g/mol. The second kappa shape index (κ2) is 8.40. The Morgan fingerprint density at radius 1 is 1.17 bits per heavy atom. The maximum absolute atomic E-state index is 12.4. The van der Waals surface area contributed by atoms with Gasteiger partial charge in [0, 0.05) is 11.3 Å². The van der Waals surface area contributed by atoms with Crippen molar-refractivity contribution in [3.8, 4) is 10.6 Å². The lowest BCUT2D eigenvalue weighted by atomic mass is 10.1. The number of nitrogens with one attached hydrogen (secondary N) is 1. The number of rotatable bonds is 6. The molecule has 3 heterocycles. The van der Waals surface area contributed by atoms with Crippen LogP contribution in [-0.2, 0) is 4.79 Å². The summed E-state index contributed by atoms with van der Waals surface area (Å²) in [6.07, 6.45) is 0. The van der Waals surface area contributed by atoms with E-state index in [1.54, 1.807) is 46.9 Å². The molecule has 29 heavy (non-hydrogen) atoms. The van der Waals surface area contributed by atoms with Gasteiger partial charge in [0.1, 0.15) is 16.2 Å². The first-order chi connectivity index (χ1) is 14.0. The fourth-order valence-corrected chi connectivity index (χ4v) is 5.23. The number of Topliss-reactive ketones (excluding diaryl/α,β-unsaturated/α-hetero) is 1. The third kappa shape index (κ3) is 4.36. The number of anilines is 1. The molecule has 0 radical (unpaired) electrons. The maximum atomic E-state index is 12.4. The van der Waals surface area contributed by atoms with Crippen LogP contribution in [0.3, 0.4) is 0 Å². The van der Waals surface area contributed by atoms with Crippen molar-refractivity contribution in [2.75, 3.05) is 11.1 Å². The number of benzene rings is 1. The van der Waals surface area contributed by atoms with E-state index in [1.807, 2.05) is 24.4 Å². The van der Waals surface area contributed by atoms with E-state index >= 15 is 0 Å². The molecule has 1 amide bonds. The van der Waals surface area contributed by atoms with Gasteiger partial charge in [-0.25, -0.2) is 4.98 Å². The average Bonchev–Trinajstić information content (AvgIpc) is 3.35. The molecule has 1 aromatic carbocycles. The Bertz CT molecular complexity index is 1200. The Hall–Kier alpha value is -2.62. The highest BCUT2D eigenvalue weighted by Gasteiger charge is 2.17. The molecule has 6 nitrogen and oxygen atoms in total. The van der Waals surface area contributed by atoms with Gasteiger partial charge in [-0.05, 0) is 37.4 Å². The Kier molecular flexibility index (Phi) is 5.70. The molecule has 0 saturated heterocycles. The van der Waals surface area contributed by atoms with Gasteiger partial charge in [0.05, 0.1) is 20.3 Å². The molecule has 4 aromatic rings. The molecule has 0 bridgehead atoms. The molecule has 0 spiro atoms. The van der Waals surface area contributed by atoms with E-state index in [-0.39, 0.29) is 17.4 Å². The van der Waals surface area contributed by atoms with Crippen LogP contribution >= 0.6 is 34.4 Å². The van der Waals surface area contributed by atoms with E-state index in [0.29, 0.717) is 16.3 Å². The quantitative estimate of drug-likeness (QED) is 0.333. The molecule has 0 aliphatic carbocycles. The highest BCUT2D eigenvalue weighted by molar-refractivity contribution is 8.00. The van der Waals surface area contributed by atoms with E-state index in [9.17, 15) is 9.59 Å². The third-order valence-corrected chi connectivity index (χ3v) is 6.85. The van der Waals surface area contributed by atoms with Crippen molar-refractivity contribution in [2.45, 2.75) is 18.9 Å². The van der Waals surface area contributed by atoms with Crippen molar-refractivity contribution in [2.24, 2.45) is 0 Å². The molecule has 9 heteroatoms. The van der Waals surface area contributed by atoms with Crippen molar-refractivity contribution in [1.82, 2.24) is 15.2 Å². The number of carbonyl (C=O) groups excluding carboxylic acids is 2. The van der Waals surface area contributed by atoms with Crippen LogP contribution in [0.2, 0.25) is 0 Å². The summed E-state index contributed by atoms with van der Waals surface area (Å²) >= 11 is 4.49.